The first-order valence-electron chi connectivity index (χ1n) is 3.36. The minimum Gasteiger partial charge on any atom is -0.398 e. The van der Waals surface area contributed by atoms with Crippen LogP contribution in [0.5, 0.6) is 5.75 Å². The smallest absolute Gasteiger partial charge is 0.398 e. The van der Waals surface area contributed by atoms with Crippen molar-refractivity contribution in [3.63, 3.8) is 0 Å². The SMILES string of the molecule is O=[N+]([O-])c1c(OC(F)(F)F)ccnc1Br. The molecular weight excluding hydrogens is 285 g/mol. The molecule has 0 aliphatic rings. The van der Waals surface area contributed by atoms with Gasteiger partial charge in [-0.1, -0.05) is 0 Å². The lowest BCUT2D eigenvalue weighted by Gasteiger charge is -2.08. The van der Waals surface area contributed by atoms with Gasteiger partial charge in [0.05, 0.1) is 4.92 Å². The first-order valence-corrected chi connectivity index (χ1v) is 4.15. The summed E-state index contributed by atoms with van der Waals surface area (Å²) in [5, 5.41) is 10.4. The topological polar surface area (TPSA) is 65.3 Å². The van der Waals surface area contributed by atoms with Crippen LogP contribution in [-0.2, 0) is 0 Å². The average Bonchev–Trinajstić information content (AvgIpc) is 1.99. The van der Waals surface area contributed by atoms with Crippen LogP contribution in [0.25, 0.3) is 0 Å². The van der Waals surface area contributed by atoms with Crippen LogP contribution in [0.3, 0.4) is 0 Å². The molecule has 0 bridgehead atoms. The highest BCUT2D eigenvalue weighted by atomic mass is 79.9. The van der Waals surface area contributed by atoms with Crippen LogP contribution in [0.2, 0.25) is 0 Å². The molecule has 0 fully saturated rings. The van der Waals surface area contributed by atoms with Gasteiger partial charge in [-0.25, -0.2) is 4.98 Å². The van der Waals surface area contributed by atoms with Gasteiger partial charge >= 0.3 is 12.0 Å². The van der Waals surface area contributed by atoms with Crippen LogP contribution in [0.15, 0.2) is 16.9 Å². The molecular formula is C6H2BrF3N2O3. The summed E-state index contributed by atoms with van der Waals surface area (Å²) >= 11 is 2.66. The van der Waals surface area contributed by atoms with Crippen molar-refractivity contribution >= 4 is 21.6 Å². The number of rotatable bonds is 2. The molecule has 0 aliphatic heterocycles. The molecule has 9 heteroatoms. The second kappa shape index (κ2) is 4.01. The average molecular weight is 287 g/mol. The molecule has 0 N–H and O–H groups in total. The van der Waals surface area contributed by atoms with Gasteiger partial charge in [0.2, 0.25) is 5.75 Å². The predicted octanol–water partition coefficient (Wildman–Crippen LogP) is 2.65. The third kappa shape index (κ3) is 3.05. The molecule has 0 atom stereocenters. The lowest BCUT2D eigenvalue weighted by atomic mass is 10.4. The van der Waals surface area contributed by atoms with E-state index >= 15 is 0 Å². The summed E-state index contributed by atoms with van der Waals surface area (Å²) in [5.41, 5.74) is -0.866. The highest BCUT2D eigenvalue weighted by Crippen LogP contribution is 2.35. The minimum atomic E-state index is -4.98. The normalized spacial score (nSPS) is 11.2. The van der Waals surface area contributed by atoms with E-state index in [4.69, 9.17) is 0 Å². The fourth-order valence-electron chi connectivity index (χ4n) is 0.784. The molecule has 5 nitrogen and oxygen atoms in total. The number of nitrogens with zero attached hydrogens (tertiary/aromatic N) is 2. The molecule has 1 rings (SSSR count). The number of hydrogen-bond donors (Lipinski definition) is 0. The van der Waals surface area contributed by atoms with Gasteiger partial charge in [0, 0.05) is 12.3 Å². The molecule has 0 unspecified atom stereocenters. The van der Waals surface area contributed by atoms with Crippen LogP contribution in [0.1, 0.15) is 0 Å². The van der Waals surface area contributed by atoms with Crippen LogP contribution in [0.4, 0.5) is 18.9 Å². The number of ether oxygens (including phenoxy) is 1. The second-order valence-electron chi connectivity index (χ2n) is 2.25. The van der Waals surface area contributed by atoms with Crippen molar-refractivity contribution in [2.45, 2.75) is 6.36 Å². The van der Waals surface area contributed by atoms with E-state index in [1.807, 2.05) is 0 Å². The van der Waals surface area contributed by atoms with E-state index in [0.717, 1.165) is 12.3 Å². The lowest BCUT2D eigenvalue weighted by Crippen LogP contribution is -2.18. The number of nitro groups is 1. The molecule has 0 spiro atoms. The largest absolute Gasteiger partial charge is 0.573 e. The van der Waals surface area contributed by atoms with Gasteiger partial charge < -0.3 is 4.74 Å². The van der Waals surface area contributed by atoms with Gasteiger partial charge in [0.15, 0.2) is 4.60 Å². The minimum absolute atomic E-state index is 0.325. The maximum absolute atomic E-state index is 11.8. The molecule has 0 saturated carbocycles. The maximum Gasteiger partial charge on any atom is 0.573 e. The number of halogens is 4. The van der Waals surface area contributed by atoms with Gasteiger partial charge in [-0.15, -0.1) is 13.2 Å². The van der Waals surface area contributed by atoms with Crippen molar-refractivity contribution in [3.8, 4) is 5.75 Å². The maximum atomic E-state index is 11.8. The molecule has 0 amide bonds. The summed E-state index contributed by atoms with van der Waals surface area (Å²) < 4.78 is 38.6. The van der Waals surface area contributed by atoms with E-state index in [9.17, 15) is 23.3 Å². The molecule has 82 valence electrons. The van der Waals surface area contributed by atoms with E-state index in [1.165, 1.54) is 0 Å². The van der Waals surface area contributed by atoms with Crippen molar-refractivity contribution in [2.24, 2.45) is 0 Å². The quantitative estimate of drug-likeness (QED) is 0.476. The number of hydrogen-bond acceptors (Lipinski definition) is 4. The molecule has 1 heterocycles. The highest BCUT2D eigenvalue weighted by Gasteiger charge is 2.35. The third-order valence-corrected chi connectivity index (χ3v) is 1.83. The van der Waals surface area contributed by atoms with E-state index < -0.39 is 22.7 Å². The second-order valence-corrected chi connectivity index (χ2v) is 3.00. The Labute approximate surface area is 89.1 Å². The van der Waals surface area contributed by atoms with Crippen molar-refractivity contribution in [3.05, 3.63) is 27.0 Å². The lowest BCUT2D eigenvalue weighted by molar-refractivity contribution is -0.389. The van der Waals surface area contributed by atoms with Gasteiger partial charge in [-0.05, 0) is 15.9 Å². The van der Waals surface area contributed by atoms with Crippen LogP contribution < -0.4 is 4.74 Å². The molecule has 0 radical (unpaired) electrons. The molecule has 1 aromatic heterocycles. The number of pyridine rings is 1. The molecule has 0 aliphatic carbocycles. The Morgan fingerprint density at radius 1 is 1.53 bits per heavy atom. The predicted molar refractivity (Wildman–Crippen MR) is 45.3 cm³/mol. The fourth-order valence-corrected chi connectivity index (χ4v) is 1.24. The van der Waals surface area contributed by atoms with Gasteiger partial charge in [-0.3, -0.25) is 10.1 Å². The Balaban J connectivity index is 3.18. The van der Waals surface area contributed by atoms with Crippen molar-refractivity contribution in [1.29, 1.82) is 0 Å². The van der Waals surface area contributed by atoms with Crippen LogP contribution in [0, 0.1) is 10.1 Å². The summed E-state index contributed by atoms with van der Waals surface area (Å²) in [7, 11) is 0. The summed E-state index contributed by atoms with van der Waals surface area (Å²) in [6, 6.07) is 0.760. The van der Waals surface area contributed by atoms with E-state index in [2.05, 4.69) is 25.7 Å². The van der Waals surface area contributed by atoms with Crippen LogP contribution >= 0.6 is 15.9 Å². The Morgan fingerprint density at radius 3 is 2.60 bits per heavy atom. The van der Waals surface area contributed by atoms with Gasteiger partial charge in [-0.2, -0.15) is 0 Å². The Kier molecular flexibility index (Phi) is 3.12. The molecule has 1 aromatic rings. The number of alkyl halides is 3. The summed E-state index contributed by atoms with van der Waals surface area (Å²) in [4.78, 5) is 12.8. The zero-order valence-corrected chi connectivity index (χ0v) is 8.37. The summed E-state index contributed by atoms with van der Waals surface area (Å²) in [6.45, 7) is 0. The monoisotopic (exact) mass is 286 g/mol. The molecule has 15 heavy (non-hydrogen) atoms. The zero-order chi connectivity index (χ0) is 11.6. The first kappa shape index (κ1) is 11.7. The zero-order valence-electron chi connectivity index (χ0n) is 6.79. The van der Waals surface area contributed by atoms with Crippen LogP contribution in [-0.4, -0.2) is 16.3 Å². The van der Waals surface area contributed by atoms with Crippen molar-refractivity contribution in [2.75, 3.05) is 0 Å². The first-order chi connectivity index (χ1) is 6.81. The van der Waals surface area contributed by atoms with E-state index in [0.29, 0.717) is 0 Å². The summed E-state index contributed by atoms with van der Waals surface area (Å²) in [5.74, 6) is -0.908. The standard InChI is InChI=1S/C6H2BrF3N2O3/c7-5-4(12(13)14)3(1-2-11-5)15-6(8,9)10/h1-2H. The fraction of sp³-hybridized carbons (Fsp3) is 0.167. The number of aromatic nitrogens is 1. The third-order valence-electron chi connectivity index (χ3n) is 1.25. The van der Waals surface area contributed by atoms with Crippen molar-refractivity contribution < 1.29 is 22.8 Å². The highest BCUT2D eigenvalue weighted by molar-refractivity contribution is 9.10. The van der Waals surface area contributed by atoms with E-state index in [-0.39, 0.29) is 4.60 Å². The Morgan fingerprint density at radius 2 is 2.13 bits per heavy atom. The molecule has 0 saturated heterocycles. The Bertz CT molecular complexity index is 396. The Hall–Kier alpha value is -1.38. The summed E-state index contributed by atoms with van der Waals surface area (Å²) in [6.07, 6.45) is -4.02. The molecule has 0 aromatic carbocycles. The van der Waals surface area contributed by atoms with Crippen molar-refractivity contribution in [1.82, 2.24) is 4.98 Å². The van der Waals surface area contributed by atoms with Gasteiger partial charge in [0.1, 0.15) is 0 Å². The van der Waals surface area contributed by atoms with E-state index in [1.54, 1.807) is 0 Å². The van der Waals surface area contributed by atoms with Gasteiger partial charge in [0.25, 0.3) is 0 Å².